The Labute approximate surface area is 298 Å². The molecular formula is C34H37F3N6O8S. The molecule has 278 valence electrons. The Morgan fingerprint density at radius 2 is 1.63 bits per heavy atom. The fraction of sp³-hybridized carbons (Fsp3) is 0.324. The summed E-state index contributed by atoms with van der Waals surface area (Å²) in [6, 6.07) is 19.3. The van der Waals surface area contributed by atoms with Crippen LogP contribution in [0.4, 0.5) is 18.0 Å². The van der Waals surface area contributed by atoms with Crippen LogP contribution in [0.15, 0.2) is 95.1 Å². The van der Waals surface area contributed by atoms with Gasteiger partial charge in [0.25, 0.3) is 22.2 Å². The summed E-state index contributed by atoms with van der Waals surface area (Å²) in [5, 5.41) is 20.7. The molecule has 1 aromatic heterocycles. The third-order valence-corrected chi connectivity index (χ3v) is 8.55. The molecule has 1 amide bonds. The number of hydrogen-bond acceptors (Lipinski definition) is 10. The number of sulfonamides is 1. The second-order valence-electron chi connectivity index (χ2n) is 12.5. The first-order valence-electron chi connectivity index (χ1n) is 15.7. The predicted molar refractivity (Wildman–Crippen MR) is 180 cm³/mol. The van der Waals surface area contributed by atoms with E-state index in [1.165, 1.54) is 26.1 Å². The van der Waals surface area contributed by atoms with Crippen LogP contribution in [0.2, 0.25) is 0 Å². The van der Waals surface area contributed by atoms with Gasteiger partial charge in [0.05, 0.1) is 28.3 Å². The molecule has 0 saturated carbocycles. The highest BCUT2D eigenvalue weighted by Crippen LogP contribution is 2.33. The molecule has 2 atom stereocenters. The van der Waals surface area contributed by atoms with E-state index in [9.17, 15) is 36.4 Å². The number of benzene rings is 3. The van der Waals surface area contributed by atoms with Gasteiger partial charge in [-0.1, -0.05) is 60.2 Å². The lowest BCUT2D eigenvalue weighted by atomic mass is 10.1. The van der Waals surface area contributed by atoms with Crippen LogP contribution in [-0.4, -0.2) is 65.2 Å². The largest absolute Gasteiger partial charge is 0.569 e. The lowest BCUT2D eigenvalue weighted by Crippen LogP contribution is -2.50. The number of likely N-dealkylation sites (N-methyl/N-ethyl adjacent to an activating group) is 1. The Balaban J connectivity index is 1.56. The van der Waals surface area contributed by atoms with E-state index < -0.39 is 56.8 Å². The van der Waals surface area contributed by atoms with Gasteiger partial charge in [0.15, 0.2) is 11.7 Å². The molecule has 52 heavy (non-hydrogen) atoms. The van der Waals surface area contributed by atoms with Crippen molar-refractivity contribution >= 4 is 22.1 Å². The van der Waals surface area contributed by atoms with E-state index >= 15 is 0 Å². The highest BCUT2D eigenvalue weighted by molar-refractivity contribution is 7.90. The minimum absolute atomic E-state index is 0.116. The first-order chi connectivity index (χ1) is 24.2. The Kier molecular flexibility index (Phi) is 11.8. The van der Waals surface area contributed by atoms with Gasteiger partial charge in [-0.25, -0.2) is 22.6 Å². The minimum atomic E-state index is -4.74. The lowest BCUT2D eigenvalue weighted by Gasteiger charge is -2.23. The number of rotatable bonds is 12. The van der Waals surface area contributed by atoms with E-state index in [-0.39, 0.29) is 22.8 Å². The van der Waals surface area contributed by atoms with Crippen molar-refractivity contribution in [2.75, 3.05) is 7.05 Å². The highest BCUT2D eigenvalue weighted by atomic mass is 32.2. The molecule has 4 rings (SSSR count). The van der Waals surface area contributed by atoms with E-state index in [4.69, 9.17) is 14.3 Å². The summed E-state index contributed by atoms with van der Waals surface area (Å²) in [6.45, 7) is 7.94. The van der Waals surface area contributed by atoms with Crippen molar-refractivity contribution in [2.45, 2.75) is 70.0 Å². The number of aromatic nitrogens is 2. The maximum absolute atomic E-state index is 13.6. The molecule has 0 aliphatic carbocycles. The van der Waals surface area contributed by atoms with Crippen molar-refractivity contribution in [3.05, 3.63) is 107 Å². The molecule has 0 aliphatic rings. The third-order valence-electron chi connectivity index (χ3n) is 7.19. The number of amides is 1. The number of halogens is 3. The summed E-state index contributed by atoms with van der Waals surface area (Å²) in [4.78, 5) is 29.8. The number of carbonyl (C=O) groups excluding carboxylic acids is 2. The van der Waals surface area contributed by atoms with Crippen LogP contribution in [0, 0.1) is 12.1 Å². The van der Waals surface area contributed by atoms with E-state index in [2.05, 4.69) is 10.4 Å². The third kappa shape index (κ3) is 10.4. The number of nitrogens with zero attached hydrogens (tertiary/aromatic N) is 5. The average molecular weight is 747 g/mol. The van der Waals surface area contributed by atoms with Gasteiger partial charge in [0.2, 0.25) is 5.28 Å². The first kappa shape index (κ1) is 39.1. The number of hydrazine groups is 1. The molecule has 0 fully saturated rings. The zero-order valence-corrected chi connectivity index (χ0v) is 29.8. The van der Waals surface area contributed by atoms with Crippen LogP contribution < -0.4 is 4.72 Å². The van der Waals surface area contributed by atoms with Gasteiger partial charge in [-0.05, 0) is 63.6 Å². The molecule has 0 saturated heterocycles. The standard InChI is InChI=1S/C34H37F3N6O8S/c1-22-12-14-25(15-13-22)28-21-30(34(35,36)37)38-42(28)26-16-18-27(19-17-26)52(47,48)39-31(44)29(20-24-10-8-7-9-11-24)41(6)43(46)40-51-23(2)49-32(45)50-33(3,4)5/h7-19,21,23,29H,20H2,1-6H3,(H,39,44)/b43-40-/t23?,29-/m0/s1. The fourth-order valence-corrected chi connectivity index (χ4v) is 5.63. The zero-order chi connectivity index (χ0) is 38.4. The van der Waals surface area contributed by atoms with Crippen LogP contribution in [0.5, 0.6) is 0 Å². The van der Waals surface area contributed by atoms with Gasteiger partial charge in [-0.15, -0.1) is 5.01 Å². The van der Waals surface area contributed by atoms with Crippen molar-refractivity contribution in [2.24, 2.45) is 5.28 Å². The number of carbonyl (C=O) groups is 2. The summed E-state index contributed by atoms with van der Waals surface area (Å²) in [6.07, 6.45) is -7.35. The molecule has 3 aromatic carbocycles. The molecule has 0 bridgehead atoms. The quantitative estimate of drug-likeness (QED) is 0.0570. The lowest BCUT2D eigenvalue weighted by molar-refractivity contribution is -0.712. The van der Waals surface area contributed by atoms with Gasteiger partial charge in [-0.2, -0.15) is 18.3 Å². The molecule has 1 heterocycles. The second kappa shape index (κ2) is 15.7. The molecule has 0 radical (unpaired) electrons. The molecular weight excluding hydrogens is 709 g/mol. The predicted octanol–water partition coefficient (Wildman–Crippen LogP) is 6.32. The van der Waals surface area contributed by atoms with Crippen molar-refractivity contribution < 1.29 is 50.5 Å². The number of nitrogens with one attached hydrogen (secondary N) is 1. The van der Waals surface area contributed by atoms with E-state index in [0.29, 0.717) is 11.1 Å². The fourth-order valence-electron chi connectivity index (χ4n) is 4.62. The maximum atomic E-state index is 13.6. The Bertz CT molecular complexity index is 2000. The Morgan fingerprint density at radius 1 is 1.02 bits per heavy atom. The SMILES string of the molecule is Cc1ccc(-c2cc(C(F)(F)F)nn2-c2ccc(S(=O)(=O)NC(=O)[C@H](Cc3ccccc3)N(C)/[N+]([O-])=N/OC(C)OC(=O)OC(C)(C)C)cc2)cc1. The van der Waals surface area contributed by atoms with E-state index in [1.54, 1.807) is 75.4 Å². The van der Waals surface area contributed by atoms with Crippen LogP contribution in [0.1, 0.15) is 44.5 Å². The zero-order valence-electron chi connectivity index (χ0n) is 29.0. The van der Waals surface area contributed by atoms with Gasteiger partial charge in [0, 0.05) is 18.9 Å². The number of hydrogen-bond donors (Lipinski definition) is 1. The summed E-state index contributed by atoms with van der Waals surface area (Å²) in [5.74, 6) is -1.12. The van der Waals surface area contributed by atoms with Crippen molar-refractivity contribution in [1.29, 1.82) is 0 Å². The molecule has 18 heteroatoms. The molecule has 1 unspecified atom stereocenters. The van der Waals surface area contributed by atoms with Crippen molar-refractivity contribution in [3.8, 4) is 16.9 Å². The number of alkyl halides is 3. The molecule has 0 aliphatic heterocycles. The smallest absolute Gasteiger partial charge is 0.511 e. The Morgan fingerprint density at radius 3 is 2.21 bits per heavy atom. The number of aryl methyl sites for hydroxylation is 1. The summed E-state index contributed by atoms with van der Waals surface area (Å²) in [7, 11) is -3.42. The second-order valence-corrected chi connectivity index (χ2v) is 14.2. The average Bonchev–Trinajstić information content (AvgIpc) is 3.52. The van der Waals surface area contributed by atoms with Gasteiger partial charge in [0.1, 0.15) is 5.60 Å². The van der Waals surface area contributed by atoms with Gasteiger partial charge < -0.3 is 14.7 Å². The molecule has 0 spiro atoms. The van der Waals surface area contributed by atoms with Crippen LogP contribution in [0.25, 0.3) is 16.9 Å². The summed E-state index contributed by atoms with van der Waals surface area (Å²) in [5.41, 5.74) is 0.136. The molecule has 1 N–H and O–H groups in total. The van der Waals surface area contributed by atoms with Gasteiger partial charge >= 0.3 is 12.3 Å². The van der Waals surface area contributed by atoms with Crippen LogP contribution in [-0.2, 0) is 41.7 Å². The summed E-state index contributed by atoms with van der Waals surface area (Å²) >= 11 is 0. The topological polar surface area (TPSA) is 167 Å². The Hall–Kier alpha value is -5.65. The van der Waals surface area contributed by atoms with E-state index in [1.807, 2.05) is 11.6 Å². The normalized spacial score (nSPS) is 13.5. The molecule has 4 aromatic rings. The summed E-state index contributed by atoms with van der Waals surface area (Å²) < 4.78 is 80.6. The van der Waals surface area contributed by atoms with Crippen molar-refractivity contribution in [1.82, 2.24) is 19.5 Å². The van der Waals surface area contributed by atoms with E-state index in [0.717, 1.165) is 33.5 Å². The van der Waals surface area contributed by atoms with Crippen LogP contribution in [0.3, 0.4) is 0 Å². The monoisotopic (exact) mass is 746 g/mol. The van der Waals surface area contributed by atoms with Crippen LogP contribution >= 0.6 is 0 Å². The number of ether oxygens (including phenoxy) is 2. The molecule has 14 nitrogen and oxygen atoms in total. The maximum Gasteiger partial charge on any atom is 0.511 e. The van der Waals surface area contributed by atoms with Crippen molar-refractivity contribution in [3.63, 3.8) is 0 Å². The first-order valence-corrected chi connectivity index (χ1v) is 17.1. The highest BCUT2D eigenvalue weighted by Gasteiger charge is 2.36. The van der Waals surface area contributed by atoms with Gasteiger partial charge in [-0.3, -0.25) is 9.63 Å². The minimum Gasteiger partial charge on any atom is -0.569 e.